The molecule has 1 saturated carbocycles. The van der Waals surface area contributed by atoms with Crippen LogP contribution in [0.3, 0.4) is 0 Å². The highest BCUT2D eigenvalue weighted by Crippen LogP contribution is 2.59. The number of carboxylic acid groups (broad SMARTS) is 1. The molecule has 1 spiro atoms. The number of piperidine rings is 1. The summed E-state index contributed by atoms with van der Waals surface area (Å²) in [6, 6.07) is 4.35. The van der Waals surface area contributed by atoms with Gasteiger partial charge in [-0.15, -0.1) is 0 Å². The number of halogens is 2. The smallest absolute Gasteiger partial charge is 0.307 e. The molecule has 1 saturated heterocycles. The van der Waals surface area contributed by atoms with Gasteiger partial charge in [-0.05, 0) is 58.8 Å². The highest BCUT2D eigenvalue weighted by Gasteiger charge is 2.59. The maximum atomic E-state index is 13.5. The fourth-order valence-corrected chi connectivity index (χ4v) is 3.46. The number of hydrogen-bond donors (Lipinski definition) is 1. The zero-order valence-corrected chi connectivity index (χ0v) is 12.9. The molecule has 2 aliphatic rings. The van der Waals surface area contributed by atoms with Crippen LogP contribution in [0.25, 0.3) is 0 Å². The Morgan fingerprint density at radius 2 is 2.00 bits per heavy atom. The van der Waals surface area contributed by atoms with Crippen LogP contribution in [0.5, 0.6) is 0 Å². The highest BCUT2D eigenvalue weighted by molar-refractivity contribution is 9.10. The van der Waals surface area contributed by atoms with Gasteiger partial charge in [-0.2, -0.15) is 0 Å². The number of amides is 1. The van der Waals surface area contributed by atoms with Gasteiger partial charge in [-0.1, -0.05) is 0 Å². The van der Waals surface area contributed by atoms with Crippen molar-refractivity contribution in [1.82, 2.24) is 4.90 Å². The molecule has 1 aromatic carbocycles. The molecule has 6 heteroatoms. The van der Waals surface area contributed by atoms with Crippen LogP contribution in [0.4, 0.5) is 4.39 Å². The van der Waals surface area contributed by atoms with Crippen molar-refractivity contribution in [3.05, 3.63) is 34.1 Å². The van der Waals surface area contributed by atoms with Crippen molar-refractivity contribution in [1.29, 1.82) is 0 Å². The summed E-state index contributed by atoms with van der Waals surface area (Å²) in [5.41, 5.74) is 0.227. The van der Waals surface area contributed by atoms with Crippen LogP contribution in [0, 0.1) is 17.2 Å². The summed E-state index contributed by atoms with van der Waals surface area (Å²) in [5, 5.41) is 9.05. The summed E-state index contributed by atoms with van der Waals surface area (Å²) < 4.78 is 13.8. The summed E-state index contributed by atoms with van der Waals surface area (Å²) in [6.45, 7) is 1.08. The minimum atomic E-state index is -0.732. The lowest BCUT2D eigenvalue weighted by Gasteiger charge is -2.32. The van der Waals surface area contributed by atoms with E-state index in [1.807, 2.05) is 0 Å². The standard InChI is InChI=1S/C15H15BrFNO3/c16-11-2-1-9(7-12(11)17)13(19)18-5-3-15(4-6-18)8-10(15)14(20)21/h1-2,7,10H,3-6,8H2,(H,20,21). The van der Waals surface area contributed by atoms with Crippen LogP contribution in [-0.2, 0) is 4.79 Å². The van der Waals surface area contributed by atoms with E-state index in [9.17, 15) is 14.0 Å². The van der Waals surface area contributed by atoms with E-state index in [0.717, 1.165) is 6.42 Å². The third kappa shape index (κ3) is 2.57. The Labute approximate surface area is 130 Å². The molecule has 1 unspecified atom stereocenters. The van der Waals surface area contributed by atoms with Crippen molar-refractivity contribution in [3.63, 3.8) is 0 Å². The van der Waals surface area contributed by atoms with Crippen molar-refractivity contribution in [2.45, 2.75) is 19.3 Å². The third-order valence-electron chi connectivity index (χ3n) is 4.70. The monoisotopic (exact) mass is 355 g/mol. The molecule has 1 aromatic rings. The Balaban J connectivity index is 1.66. The summed E-state index contributed by atoms with van der Waals surface area (Å²) >= 11 is 3.06. The lowest BCUT2D eigenvalue weighted by molar-refractivity contribution is -0.139. The maximum Gasteiger partial charge on any atom is 0.307 e. The molecule has 1 N–H and O–H groups in total. The largest absolute Gasteiger partial charge is 0.481 e. The van der Waals surface area contributed by atoms with E-state index in [2.05, 4.69) is 15.9 Å². The van der Waals surface area contributed by atoms with E-state index < -0.39 is 11.8 Å². The second-order valence-corrected chi connectivity index (χ2v) is 6.73. The summed E-state index contributed by atoms with van der Waals surface area (Å²) in [7, 11) is 0. The van der Waals surface area contributed by atoms with Gasteiger partial charge in [0.25, 0.3) is 5.91 Å². The topological polar surface area (TPSA) is 57.6 Å². The van der Waals surface area contributed by atoms with Gasteiger partial charge in [0, 0.05) is 18.7 Å². The Hall–Kier alpha value is -1.43. The Bertz CT molecular complexity index is 611. The normalized spacial score (nSPS) is 23.1. The lowest BCUT2D eigenvalue weighted by Crippen LogP contribution is -2.40. The fourth-order valence-electron chi connectivity index (χ4n) is 3.22. The number of aliphatic carboxylic acids is 1. The molecule has 112 valence electrons. The summed E-state index contributed by atoms with van der Waals surface area (Å²) in [5.74, 6) is -1.63. The van der Waals surface area contributed by atoms with E-state index in [1.165, 1.54) is 12.1 Å². The van der Waals surface area contributed by atoms with Crippen molar-refractivity contribution >= 4 is 27.8 Å². The van der Waals surface area contributed by atoms with E-state index in [1.54, 1.807) is 11.0 Å². The summed E-state index contributed by atoms with van der Waals surface area (Å²) in [6.07, 6.45) is 2.15. The molecule has 1 aliphatic heterocycles. The molecule has 1 aliphatic carbocycles. The number of nitrogens with zero attached hydrogens (tertiary/aromatic N) is 1. The minimum absolute atomic E-state index is 0.104. The molecule has 4 nitrogen and oxygen atoms in total. The third-order valence-corrected chi connectivity index (χ3v) is 5.34. The molecule has 0 bridgehead atoms. The van der Waals surface area contributed by atoms with Gasteiger partial charge < -0.3 is 10.0 Å². The van der Waals surface area contributed by atoms with Gasteiger partial charge in [0.15, 0.2) is 0 Å². The Kier molecular flexibility index (Phi) is 3.51. The predicted octanol–water partition coefficient (Wildman–Crippen LogP) is 2.92. The highest BCUT2D eigenvalue weighted by atomic mass is 79.9. The molecule has 1 amide bonds. The predicted molar refractivity (Wildman–Crippen MR) is 77.4 cm³/mol. The average molecular weight is 356 g/mol. The first-order valence-electron chi connectivity index (χ1n) is 6.90. The first kappa shape index (κ1) is 14.5. The number of benzene rings is 1. The van der Waals surface area contributed by atoms with Crippen LogP contribution in [0.2, 0.25) is 0 Å². The number of rotatable bonds is 2. The number of carbonyl (C=O) groups excluding carboxylic acids is 1. The minimum Gasteiger partial charge on any atom is -0.481 e. The van der Waals surface area contributed by atoms with E-state index in [-0.39, 0.29) is 17.2 Å². The first-order valence-corrected chi connectivity index (χ1v) is 7.69. The van der Waals surface area contributed by atoms with Crippen LogP contribution in [-0.4, -0.2) is 35.0 Å². The van der Waals surface area contributed by atoms with Crippen LogP contribution in [0.1, 0.15) is 29.6 Å². The Morgan fingerprint density at radius 1 is 1.33 bits per heavy atom. The molecule has 0 radical (unpaired) electrons. The second-order valence-electron chi connectivity index (χ2n) is 5.88. The zero-order chi connectivity index (χ0) is 15.2. The van der Waals surface area contributed by atoms with E-state index in [4.69, 9.17) is 5.11 Å². The quantitative estimate of drug-likeness (QED) is 0.887. The molecular formula is C15H15BrFNO3. The maximum absolute atomic E-state index is 13.5. The van der Waals surface area contributed by atoms with Crippen molar-refractivity contribution in [3.8, 4) is 0 Å². The first-order chi connectivity index (χ1) is 9.93. The van der Waals surface area contributed by atoms with Crippen LogP contribution >= 0.6 is 15.9 Å². The Morgan fingerprint density at radius 3 is 2.52 bits per heavy atom. The van der Waals surface area contributed by atoms with Gasteiger partial charge in [0.05, 0.1) is 10.4 Å². The number of hydrogen-bond acceptors (Lipinski definition) is 2. The molecule has 2 fully saturated rings. The molecule has 21 heavy (non-hydrogen) atoms. The number of carboxylic acids is 1. The van der Waals surface area contributed by atoms with E-state index in [0.29, 0.717) is 36.0 Å². The fraction of sp³-hybridized carbons (Fsp3) is 0.467. The van der Waals surface area contributed by atoms with Crippen LogP contribution in [0.15, 0.2) is 22.7 Å². The van der Waals surface area contributed by atoms with Crippen molar-refractivity contribution < 1.29 is 19.1 Å². The van der Waals surface area contributed by atoms with Gasteiger partial charge in [0.1, 0.15) is 5.82 Å². The number of likely N-dealkylation sites (tertiary alicyclic amines) is 1. The summed E-state index contributed by atoms with van der Waals surface area (Å²) in [4.78, 5) is 25.0. The zero-order valence-electron chi connectivity index (χ0n) is 11.3. The van der Waals surface area contributed by atoms with Gasteiger partial charge in [0.2, 0.25) is 0 Å². The van der Waals surface area contributed by atoms with Gasteiger partial charge in [-0.3, -0.25) is 9.59 Å². The van der Waals surface area contributed by atoms with E-state index >= 15 is 0 Å². The van der Waals surface area contributed by atoms with Crippen molar-refractivity contribution in [2.75, 3.05) is 13.1 Å². The second kappa shape index (κ2) is 5.09. The molecule has 1 atom stereocenters. The van der Waals surface area contributed by atoms with Crippen molar-refractivity contribution in [2.24, 2.45) is 11.3 Å². The lowest BCUT2D eigenvalue weighted by atomic mass is 9.90. The molecule has 3 rings (SSSR count). The van der Waals surface area contributed by atoms with Gasteiger partial charge in [-0.25, -0.2) is 4.39 Å². The molecular weight excluding hydrogens is 341 g/mol. The molecule has 0 aromatic heterocycles. The van der Waals surface area contributed by atoms with Gasteiger partial charge >= 0.3 is 5.97 Å². The molecule has 1 heterocycles. The number of carbonyl (C=O) groups is 2. The van der Waals surface area contributed by atoms with Crippen LogP contribution < -0.4 is 0 Å². The SMILES string of the molecule is O=C(O)C1CC12CCN(C(=O)c1ccc(Br)c(F)c1)CC2. The average Bonchev–Trinajstić information content (AvgIpc) is 3.16.